The maximum absolute atomic E-state index is 15.7. The van der Waals surface area contributed by atoms with Crippen LogP contribution in [0.3, 0.4) is 0 Å². The second-order valence-electron chi connectivity index (χ2n) is 18.0. The van der Waals surface area contributed by atoms with Crippen LogP contribution in [0.4, 0.5) is 0 Å². The number of esters is 4. The highest BCUT2D eigenvalue weighted by Gasteiger charge is 2.99. The largest absolute Gasteiger partial charge is 0.456 e. The zero-order chi connectivity index (χ0) is 44.7. The lowest BCUT2D eigenvalue weighted by Crippen LogP contribution is -2.82. The highest BCUT2D eigenvalue weighted by Crippen LogP contribution is 2.85. The average molecular weight is 844 g/mol. The third kappa shape index (κ3) is 6.21. The molecule has 2 bridgehead atoms. The Labute approximate surface area is 353 Å². The number of Topliss-reactive ketones (excluding diaryl/α,β-unsaturated/α-hetero) is 1. The Morgan fingerprint density at radius 1 is 0.885 bits per heavy atom. The molecule has 1 heterocycles. The van der Waals surface area contributed by atoms with Crippen molar-refractivity contribution in [1.29, 1.82) is 0 Å². The van der Waals surface area contributed by atoms with Gasteiger partial charge in [-0.05, 0) is 63.1 Å². The molecule has 5 aliphatic rings. The molecule has 61 heavy (non-hydrogen) atoms. The predicted molar refractivity (Wildman–Crippen MR) is 214 cm³/mol. The molecule has 1 spiro atoms. The fourth-order valence-electron chi connectivity index (χ4n) is 11.2. The lowest BCUT2D eigenvalue weighted by molar-refractivity contribution is -0.349. The highest BCUT2D eigenvalue weighted by molar-refractivity contribution is 5.98. The van der Waals surface area contributed by atoms with Crippen molar-refractivity contribution in [3.05, 3.63) is 94.6 Å². The second-order valence-corrected chi connectivity index (χ2v) is 18.0. The van der Waals surface area contributed by atoms with Gasteiger partial charge in [0.25, 0.3) is 5.91 Å². The molecule has 2 unspecified atom stereocenters. The van der Waals surface area contributed by atoms with Crippen LogP contribution >= 0.6 is 0 Å². The summed E-state index contributed by atoms with van der Waals surface area (Å²) in [6.45, 7) is 11.6. The molecule has 15 nitrogen and oxygen atoms in total. The van der Waals surface area contributed by atoms with E-state index in [-0.39, 0.29) is 41.7 Å². The Morgan fingerprint density at radius 3 is 2.03 bits per heavy atom. The van der Waals surface area contributed by atoms with Gasteiger partial charge in [-0.1, -0.05) is 61.9 Å². The number of hydrogen-bond donors (Lipinski definition) is 4. The Morgan fingerprint density at radius 2 is 1.49 bits per heavy atom. The first-order chi connectivity index (χ1) is 28.5. The van der Waals surface area contributed by atoms with Crippen molar-refractivity contribution < 1.29 is 67.8 Å². The number of allylic oxidation sites excluding steroid dienone is 1. The van der Waals surface area contributed by atoms with Crippen molar-refractivity contribution in [3.63, 3.8) is 0 Å². The SMILES string of the molecule is CC(=O)O[C@H]1C(=O)[C@]2(C)[C@@H](O)C[C@H]3OC[C@@]3(OC(C)=O)[C@]23CC3(OC(=O)c2ccccc2)[C@]2(O)C[C@H](OC(=O)[C@H](O)C(C=C(C)C)NC(=O)c3ccccc3)C(C)=C1C2(C)C. The van der Waals surface area contributed by atoms with Crippen LogP contribution < -0.4 is 5.32 Å². The Hall–Kier alpha value is -5.22. The molecule has 1 amide bonds. The number of ketones is 1. The van der Waals surface area contributed by atoms with Gasteiger partial charge in [0, 0.05) is 44.1 Å². The van der Waals surface area contributed by atoms with Gasteiger partial charge in [0.1, 0.15) is 17.8 Å². The van der Waals surface area contributed by atoms with Crippen molar-refractivity contribution in [1.82, 2.24) is 5.32 Å². The summed E-state index contributed by atoms with van der Waals surface area (Å²) in [5.41, 5.74) is -10.7. The average Bonchev–Trinajstić information content (AvgIpc) is 3.89. The number of fused-ring (bicyclic) bond motifs is 4. The van der Waals surface area contributed by atoms with E-state index in [9.17, 15) is 39.3 Å². The zero-order valence-electron chi connectivity index (χ0n) is 35.5. The van der Waals surface area contributed by atoms with Crippen molar-refractivity contribution in [2.75, 3.05) is 6.61 Å². The molecule has 2 aromatic carbocycles. The van der Waals surface area contributed by atoms with E-state index in [0.29, 0.717) is 5.57 Å². The Bertz CT molecular complexity index is 2230. The van der Waals surface area contributed by atoms with E-state index in [1.807, 2.05) is 0 Å². The molecule has 4 N–H and O–H groups in total. The summed E-state index contributed by atoms with van der Waals surface area (Å²) in [4.78, 5) is 83.6. The van der Waals surface area contributed by atoms with Crippen molar-refractivity contribution >= 4 is 35.6 Å². The molecule has 15 heteroatoms. The number of rotatable bonds is 10. The van der Waals surface area contributed by atoms with Gasteiger partial charge < -0.3 is 44.3 Å². The van der Waals surface area contributed by atoms with Gasteiger partial charge >= 0.3 is 23.9 Å². The summed E-state index contributed by atoms with van der Waals surface area (Å²) in [6, 6.07) is 14.8. The van der Waals surface area contributed by atoms with E-state index in [4.69, 9.17) is 23.7 Å². The number of benzene rings is 2. The Balaban J connectivity index is 1.42. The first kappa shape index (κ1) is 43.9. The number of carbonyl (C=O) groups is 6. The van der Waals surface area contributed by atoms with Crippen LogP contribution in [0.15, 0.2) is 83.5 Å². The van der Waals surface area contributed by atoms with Gasteiger partial charge in [0.15, 0.2) is 29.2 Å². The molecule has 2 aromatic rings. The second kappa shape index (κ2) is 15.0. The molecule has 0 radical (unpaired) electrons. The number of aliphatic hydroxyl groups is 3. The number of amides is 1. The van der Waals surface area contributed by atoms with Crippen LogP contribution in [0.2, 0.25) is 0 Å². The summed E-state index contributed by atoms with van der Waals surface area (Å²) < 4.78 is 30.7. The minimum Gasteiger partial charge on any atom is -0.456 e. The molecule has 11 atom stereocenters. The van der Waals surface area contributed by atoms with E-state index < -0.39 is 112 Å². The third-order valence-electron chi connectivity index (χ3n) is 14.2. The molecular weight excluding hydrogens is 790 g/mol. The van der Waals surface area contributed by atoms with Gasteiger partial charge in [0.05, 0.1) is 35.1 Å². The molecule has 4 aliphatic carbocycles. The lowest BCUT2D eigenvalue weighted by Gasteiger charge is -2.67. The fraction of sp³-hybridized carbons (Fsp3) is 0.522. The van der Waals surface area contributed by atoms with E-state index in [1.165, 1.54) is 39.0 Å². The number of ether oxygens (including phenoxy) is 5. The smallest absolute Gasteiger partial charge is 0.338 e. The minimum absolute atomic E-state index is 0.0181. The van der Waals surface area contributed by atoms with E-state index >= 15 is 4.79 Å². The number of nitrogens with one attached hydrogen (secondary N) is 1. The Kier molecular flexibility index (Phi) is 10.8. The van der Waals surface area contributed by atoms with Crippen LogP contribution in [-0.2, 0) is 42.9 Å². The van der Waals surface area contributed by atoms with Gasteiger partial charge in [-0.2, -0.15) is 0 Å². The molecule has 1 aliphatic heterocycles. The molecule has 1 saturated heterocycles. The number of hydrogen-bond acceptors (Lipinski definition) is 14. The fourth-order valence-corrected chi connectivity index (χ4v) is 11.2. The van der Waals surface area contributed by atoms with E-state index in [1.54, 1.807) is 76.2 Å². The normalized spacial score (nSPS) is 35.1. The van der Waals surface area contributed by atoms with Crippen LogP contribution in [-0.4, -0.2) is 111 Å². The van der Waals surface area contributed by atoms with E-state index in [2.05, 4.69) is 5.32 Å². The molecule has 0 aromatic heterocycles. The van der Waals surface area contributed by atoms with Gasteiger partial charge in [0.2, 0.25) is 0 Å². The third-order valence-corrected chi connectivity index (χ3v) is 14.2. The first-order valence-corrected chi connectivity index (χ1v) is 20.4. The molecule has 7 rings (SSSR count). The minimum atomic E-state index is -2.37. The summed E-state index contributed by atoms with van der Waals surface area (Å²) >= 11 is 0. The van der Waals surface area contributed by atoms with Crippen LogP contribution in [0, 0.1) is 16.2 Å². The maximum Gasteiger partial charge on any atom is 0.338 e. The summed E-state index contributed by atoms with van der Waals surface area (Å²) in [5, 5.41) is 40.4. The van der Waals surface area contributed by atoms with Gasteiger partial charge in [-0.3, -0.25) is 19.2 Å². The number of aliphatic hydroxyl groups excluding tert-OH is 2. The van der Waals surface area contributed by atoms with Crippen molar-refractivity contribution in [2.24, 2.45) is 16.2 Å². The van der Waals surface area contributed by atoms with Crippen LogP contribution in [0.5, 0.6) is 0 Å². The predicted octanol–water partition coefficient (Wildman–Crippen LogP) is 3.47. The molecule has 4 fully saturated rings. The van der Waals surface area contributed by atoms with Gasteiger partial charge in [-0.15, -0.1) is 0 Å². The molecule has 326 valence electrons. The summed E-state index contributed by atoms with van der Waals surface area (Å²) in [6.07, 6.45) is -7.41. The standard InChI is InChI=1S/C46H53NO14/c1-24(2)19-30(47-38(53)28-15-11-9-12-16-28)35(51)40(55)59-31-21-45(56)41(6,7)34(25(31)3)36(58-26(4)48)37(52)42(8)32(50)20-33-43(23-57-33,60-27(5)49)44(42)22-46(44,45)61-39(54)29-17-13-10-14-18-29/h9-19,30-33,35-36,50-51,56H,20-23H2,1-8H3,(H,47,53)/t30?,31-,32-,33+,35+,36+,42-,43-,44-,45-,46?/m0/s1. The van der Waals surface area contributed by atoms with E-state index in [0.717, 1.165) is 6.92 Å². The van der Waals surface area contributed by atoms with Crippen LogP contribution in [0.1, 0.15) is 95.4 Å². The summed E-state index contributed by atoms with van der Waals surface area (Å²) in [5.74, 6) is -5.16. The summed E-state index contributed by atoms with van der Waals surface area (Å²) in [7, 11) is 0. The maximum atomic E-state index is 15.7. The van der Waals surface area contributed by atoms with Crippen LogP contribution in [0.25, 0.3) is 0 Å². The first-order valence-electron chi connectivity index (χ1n) is 20.4. The monoisotopic (exact) mass is 843 g/mol. The van der Waals surface area contributed by atoms with Crippen molar-refractivity contribution in [3.8, 4) is 0 Å². The number of carbonyl (C=O) groups excluding carboxylic acids is 6. The zero-order valence-corrected chi connectivity index (χ0v) is 35.5. The quantitative estimate of drug-likeness (QED) is 0.153. The van der Waals surface area contributed by atoms with Crippen molar-refractivity contribution in [2.45, 2.75) is 128 Å². The topological polar surface area (TPSA) is 221 Å². The molecular formula is C46H53NO14. The van der Waals surface area contributed by atoms with Gasteiger partial charge in [-0.25, -0.2) is 9.59 Å². The molecule has 3 saturated carbocycles. The lowest BCUT2D eigenvalue weighted by atomic mass is 9.44. The highest BCUT2D eigenvalue weighted by atomic mass is 16.6.